The highest BCUT2D eigenvalue weighted by molar-refractivity contribution is 7.15. The molecular formula is C21H16Cl2FNO4S. The van der Waals surface area contributed by atoms with Crippen molar-refractivity contribution in [2.24, 2.45) is 0 Å². The minimum atomic E-state index is -0.912. The van der Waals surface area contributed by atoms with Crippen molar-refractivity contribution >= 4 is 51.4 Å². The molecule has 0 saturated carbocycles. The largest absolute Gasteiger partial charge is 0.479 e. The van der Waals surface area contributed by atoms with Crippen molar-refractivity contribution in [2.75, 3.05) is 12.4 Å². The fraction of sp³-hybridized carbons (Fsp3) is 0.143. The van der Waals surface area contributed by atoms with Gasteiger partial charge in [-0.15, -0.1) is 11.3 Å². The second-order valence-corrected chi connectivity index (χ2v) is 7.90. The molecule has 0 aliphatic heterocycles. The number of amides is 1. The summed E-state index contributed by atoms with van der Waals surface area (Å²) in [5.74, 6) is -1.21. The average molecular weight is 468 g/mol. The van der Waals surface area contributed by atoms with Gasteiger partial charge in [-0.25, -0.2) is 9.18 Å². The number of thiophene rings is 1. The molecule has 1 amide bonds. The Hall–Kier alpha value is -2.61. The Kier molecular flexibility index (Phi) is 6.97. The monoisotopic (exact) mass is 467 g/mol. The number of rotatable bonds is 6. The third-order valence-corrected chi connectivity index (χ3v) is 5.57. The van der Waals surface area contributed by atoms with E-state index in [0.29, 0.717) is 26.9 Å². The highest BCUT2D eigenvalue weighted by Gasteiger charge is 2.25. The molecule has 1 aromatic heterocycles. The zero-order valence-electron chi connectivity index (χ0n) is 15.9. The first-order valence-corrected chi connectivity index (χ1v) is 10.3. The molecule has 9 heteroatoms. The predicted molar refractivity (Wildman–Crippen MR) is 116 cm³/mol. The molecule has 5 nitrogen and oxygen atoms in total. The van der Waals surface area contributed by atoms with E-state index in [1.165, 1.54) is 25.3 Å². The van der Waals surface area contributed by atoms with Crippen LogP contribution in [-0.2, 0) is 9.53 Å². The molecule has 1 unspecified atom stereocenters. The van der Waals surface area contributed by atoms with E-state index in [0.717, 1.165) is 11.3 Å². The van der Waals surface area contributed by atoms with E-state index < -0.39 is 23.8 Å². The number of hydrogen-bond acceptors (Lipinski definition) is 5. The fourth-order valence-electron chi connectivity index (χ4n) is 2.62. The van der Waals surface area contributed by atoms with E-state index in [9.17, 15) is 14.0 Å². The quantitative estimate of drug-likeness (QED) is 0.447. The number of nitrogens with one attached hydrogen (secondary N) is 1. The minimum Gasteiger partial charge on any atom is -0.479 e. The molecule has 1 N–H and O–H groups in total. The van der Waals surface area contributed by atoms with Gasteiger partial charge in [0.05, 0.1) is 12.1 Å². The molecule has 0 aliphatic rings. The van der Waals surface area contributed by atoms with Crippen LogP contribution >= 0.6 is 34.5 Å². The van der Waals surface area contributed by atoms with Gasteiger partial charge in [0.25, 0.3) is 5.91 Å². The van der Waals surface area contributed by atoms with Gasteiger partial charge < -0.3 is 14.8 Å². The van der Waals surface area contributed by atoms with Crippen molar-refractivity contribution < 1.29 is 23.5 Å². The topological polar surface area (TPSA) is 64.6 Å². The standard InChI is InChI=1S/C21H16Cl2FNO4S/c1-11(29-17-8-5-13(22)9-16(17)23)19(26)25-20-18(21(27)28-2)15(10-30-20)12-3-6-14(24)7-4-12/h3-11H,1-2H3,(H,25,26). The van der Waals surface area contributed by atoms with Crippen LogP contribution in [0.25, 0.3) is 11.1 Å². The van der Waals surface area contributed by atoms with E-state index in [4.69, 9.17) is 32.7 Å². The Labute approximate surface area is 186 Å². The first kappa shape index (κ1) is 22.1. The highest BCUT2D eigenvalue weighted by Crippen LogP contribution is 2.36. The van der Waals surface area contributed by atoms with Crippen LogP contribution in [-0.4, -0.2) is 25.1 Å². The third kappa shape index (κ3) is 4.92. The molecule has 0 radical (unpaired) electrons. The Bertz CT molecular complexity index is 1090. The SMILES string of the molecule is COC(=O)c1c(-c2ccc(F)cc2)csc1NC(=O)C(C)Oc1ccc(Cl)cc1Cl. The van der Waals surface area contributed by atoms with E-state index in [1.807, 2.05) is 0 Å². The Morgan fingerprint density at radius 3 is 2.47 bits per heavy atom. The Morgan fingerprint density at radius 2 is 1.83 bits per heavy atom. The van der Waals surface area contributed by atoms with Crippen LogP contribution in [0.2, 0.25) is 10.0 Å². The summed E-state index contributed by atoms with van der Waals surface area (Å²) < 4.78 is 23.7. The summed E-state index contributed by atoms with van der Waals surface area (Å²) in [6, 6.07) is 10.3. The van der Waals surface area contributed by atoms with Gasteiger partial charge in [0.15, 0.2) is 6.10 Å². The number of ether oxygens (including phenoxy) is 2. The summed E-state index contributed by atoms with van der Waals surface area (Å²) in [6.07, 6.45) is -0.912. The lowest BCUT2D eigenvalue weighted by Crippen LogP contribution is -2.30. The number of benzene rings is 2. The molecule has 1 atom stereocenters. The number of hydrogen-bond donors (Lipinski definition) is 1. The lowest BCUT2D eigenvalue weighted by atomic mass is 10.0. The summed E-state index contributed by atoms with van der Waals surface area (Å²) >= 11 is 13.1. The summed E-state index contributed by atoms with van der Waals surface area (Å²) in [5.41, 5.74) is 1.32. The van der Waals surface area contributed by atoms with Gasteiger partial charge in [-0.05, 0) is 42.8 Å². The molecule has 0 spiro atoms. The smallest absolute Gasteiger partial charge is 0.341 e. The van der Waals surface area contributed by atoms with Gasteiger partial charge in [-0.1, -0.05) is 35.3 Å². The van der Waals surface area contributed by atoms with Crippen LogP contribution in [0, 0.1) is 5.82 Å². The van der Waals surface area contributed by atoms with E-state index in [1.54, 1.807) is 36.6 Å². The third-order valence-electron chi connectivity index (χ3n) is 4.14. The Balaban J connectivity index is 1.83. The first-order chi connectivity index (χ1) is 14.3. The zero-order chi connectivity index (χ0) is 21.8. The molecule has 0 fully saturated rings. The van der Waals surface area contributed by atoms with E-state index in [2.05, 4.69) is 5.32 Å². The molecule has 0 saturated heterocycles. The van der Waals surface area contributed by atoms with Crippen molar-refractivity contribution in [3.05, 3.63) is 69.3 Å². The summed E-state index contributed by atoms with van der Waals surface area (Å²) in [7, 11) is 1.24. The summed E-state index contributed by atoms with van der Waals surface area (Å²) in [4.78, 5) is 25.0. The second-order valence-electron chi connectivity index (χ2n) is 6.18. The Morgan fingerprint density at radius 1 is 1.13 bits per heavy atom. The minimum absolute atomic E-state index is 0.180. The summed E-state index contributed by atoms with van der Waals surface area (Å²) in [6.45, 7) is 1.55. The maximum atomic E-state index is 13.2. The molecule has 0 aliphatic carbocycles. The lowest BCUT2D eigenvalue weighted by Gasteiger charge is -2.16. The van der Waals surface area contributed by atoms with Crippen molar-refractivity contribution in [3.63, 3.8) is 0 Å². The molecule has 0 bridgehead atoms. The zero-order valence-corrected chi connectivity index (χ0v) is 18.2. The van der Waals surface area contributed by atoms with Crippen molar-refractivity contribution in [3.8, 4) is 16.9 Å². The maximum absolute atomic E-state index is 13.2. The van der Waals surface area contributed by atoms with Gasteiger partial charge in [-0.3, -0.25) is 4.79 Å². The number of carbonyl (C=O) groups excluding carboxylic acids is 2. The maximum Gasteiger partial charge on any atom is 0.341 e. The molecule has 2 aromatic carbocycles. The molecular weight excluding hydrogens is 452 g/mol. The number of halogens is 3. The van der Waals surface area contributed by atoms with Gasteiger partial charge in [0, 0.05) is 16.0 Å². The molecule has 1 heterocycles. The van der Waals surface area contributed by atoms with Crippen molar-refractivity contribution in [1.29, 1.82) is 0 Å². The summed E-state index contributed by atoms with van der Waals surface area (Å²) in [5, 5.41) is 5.39. The van der Waals surface area contributed by atoms with Crippen LogP contribution in [0.1, 0.15) is 17.3 Å². The van der Waals surface area contributed by atoms with E-state index >= 15 is 0 Å². The average Bonchev–Trinajstić information content (AvgIpc) is 3.13. The molecule has 3 rings (SSSR count). The van der Waals surface area contributed by atoms with E-state index in [-0.39, 0.29) is 10.6 Å². The van der Waals surface area contributed by atoms with Crippen LogP contribution < -0.4 is 10.1 Å². The predicted octanol–water partition coefficient (Wildman–Crippen LogP) is 6.05. The number of carbonyl (C=O) groups is 2. The number of esters is 1. The lowest BCUT2D eigenvalue weighted by molar-refractivity contribution is -0.122. The van der Waals surface area contributed by atoms with Crippen LogP contribution in [0.3, 0.4) is 0 Å². The first-order valence-electron chi connectivity index (χ1n) is 8.68. The van der Waals surface area contributed by atoms with Gasteiger partial charge in [-0.2, -0.15) is 0 Å². The molecule has 30 heavy (non-hydrogen) atoms. The van der Waals surface area contributed by atoms with Crippen molar-refractivity contribution in [2.45, 2.75) is 13.0 Å². The normalized spacial score (nSPS) is 11.6. The van der Waals surface area contributed by atoms with Crippen LogP contribution in [0.4, 0.5) is 9.39 Å². The van der Waals surface area contributed by atoms with Crippen molar-refractivity contribution in [1.82, 2.24) is 0 Å². The molecule has 3 aromatic rings. The number of anilines is 1. The molecule has 156 valence electrons. The van der Waals surface area contributed by atoms with Gasteiger partial charge >= 0.3 is 5.97 Å². The second kappa shape index (κ2) is 9.47. The number of methoxy groups -OCH3 is 1. The highest BCUT2D eigenvalue weighted by atomic mass is 35.5. The fourth-order valence-corrected chi connectivity index (χ4v) is 4.04. The van der Waals surface area contributed by atoms with Crippen LogP contribution in [0.5, 0.6) is 5.75 Å². The van der Waals surface area contributed by atoms with Crippen LogP contribution in [0.15, 0.2) is 47.8 Å². The van der Waals surface area contributed by atoms with Gasteiger partial charge in [0.1, 0.15) is 22.1 Å². The van der Waals surface area contributed by atoms with Gasteiger partial charge in [0.2, 0.25) is 0 Å².